The van der Waals surface area contributed by atoms with Gasteiger partial charge in [-0.05, 0) is 18.4 Å². The van der Waals surface area contributed by atoms with Crippen LogP contribution in [0.2, 0.25) is 0 Å². The Hall–Kier alpha value is 1.05. The first-order valence-electron chi connectivity index (χ1n) is 2.65. The van der Waals surface area contributed by atoms with Gasteiger partial charge in [-0.1, -0.05) is 0 Å². The van der Waals surface area contributed by atoms with Gasteiger partial charge in [0.1, 0.15) is 0 Å². The fourth-order valence-electron chi connectivity index (χ4n) is 0.632. The molecule has 0 bridgehead atoms. The van der Waals surface area contributed by atoms with Crippen LogP contribution in [0.5, 0.6) is 0 Å². The van der Waals surface area contributed by atoms with Gasteiger partial charge in [-0.3, -0.25) is 0 Å². The summed E-state index contributed by atoms with van der Waals surface area (Å²) in [6.07, 6.45) is 3.60. The van der Waals surface area contributed by atoms with E-state index in [1.54, 1.807) is 0 Å². The lowest BCUT2D eigenvalue weighted by atomic mass is 10.6. The van der Waals surface area contributed by atoms with E-state index >= 15 is 0 Å². The summed E-state index contributed by atoms with van der Waals surface area (Å²) in [7, 11) is 0. The first-order chi connectivity index (χ1) is 3.93. The molecular weight excluding hydrogens is 156 g/mol. The molecule has 0 amide bonds. The second-order valence-corrected chi connectivity index (χ2v) is 5.65. The van der Waals surface area contributed by atoms with Crippen molar-refractivity contribution in [3.05, 3.63) is 0 Å². The molecule has 1 fully saturated rings. The molecule has 1 unspecified atom stereocenters. The first-order valence-corrected chi connectivity index (χ1v) is 6.15. The largest absolute Gasteiger partial charge is 0.151 e. The number of thioether (sulfide) groups is 3. The molecular formula is C5H10S3. The van der Waals surface area contributed by atoms with Gasteiger partial charge in [-0.2, -0.15) is 23.5 Å². The third-order valence-corrected chi connectivity index (χ3v) is 5.19. The second kappa shape index (κ2) is 3.96. The highest BCUT2D eigenvalue weighted by molar-refractivity contribution is 8.23. The minimum atomic E-state index is 0.899. The van der Waals surface area contributed by atoms with Crippen LogP contribution in [0, 0.1) is 0 Å². The minimum Gasteiger partial charge on any atom is -0.151 e. The maximum atomic E-state index is 2.20. The Morgan fingerprint density at radius 3 is 2.88 bits per heavy atom. The van der Waals surface area contributed by atoms with Gasteiger partial charge in [0, 0.05) is 5.08 Å². The highest BCUT2D eigenvalue weighted by atomic mass is 32.2. The summed E-state index contributed by atoms with van der Waals surface area (Å²) in [5, 5.41) is 1.31. The molecule has 1 heterocycles. The Kier molecular flexibility index (Phi) is 3.55. The zero-order chi connectivity index (χ0) is 5.82. The van der Waals surface area contributed by atoms with Crippen molar-refractivity contribution in [2.24, 2.45) is 0 Å². The standard InChI is InChI=1S/C5H10S3/c1-6-5-2-3-7-4-8-5/h5H,2-4H2,1H3. The highest BCUT2D eigenvalue weighted by Gasteiger charge is 2.11. The highest BCUT2D eigenvalue weighted by Crippen LogP contribution is 2.33. The van der Waals surface area contributed by atoms with E-state index in [1.807, 2.05) is 11.8 Å². The topological polar surface area (TPSA) is 0 Å². The van der Waals surface area contributed by atoms with Crippen LogP contribution in [0.1, 0.15) is 6.42 Å². The molecule has 0 radical (unpaired) electrons. The van der Waals surface area contributed by atoms with Crippen LogP contribution in [0.3, 0.4) is 0 Å². The molecule has 1 aliphatic rings. The van der Waals surface area contributed by atoms with E-state index < -0.39 is 0 Å². The predicted molar refractivity (Wildman–Crippen MR) is 46.8 cm³/mol. The molecule has 0 aliphatic carbocycles. The molecule has 0 aromatic rings. The summed E-state index contributed by atoms with van der Waals surface area (Å²) in [5.74, 6) is 1.37. The zero-order valence-electron chi connectivity index (χ0n) is 4.92. The number of hydrogen-bond acceptors (Lipinski definition) is 3. The van der Waals surface area contributed by atoms with Gasteiger partial charge < -0.3 is 0 Å². The van der Waals surface area contributed by atoms with Crippen LogP contribution in [0.4, 0.5) is 0 Å². The molecule has 1 aliphatic heterocycles. The van der Waals surface area contributed by atoms with E-state index in [2.05, 4.69) is 29.8 Å². The Morgan fingerprint density at radius 2 is 2.50 bits per heavy atom. The van der Waals surface area contributed by atoms with Crippen molar-refractivity contribution in [1.29, 1.82) is 0 Å². The molecule has 3 heteroatoms. The molecule has 1 saturated heterocycles. The smallest absolute Gasteiger partial charge is 0.0515 e. The van der Waals surface area contributed by atoms with Gasteiger partial charge in [0.2, 0.25) is 0 Å². The average Bonchev–Trinajstić information content (AvgIpc) is 1.90. The van der Waals surface area contributed by atoms with Crippen LogP contribution < -0.4 is 0 Å². The van der Waals surface area contributed by atoms with Crippen molar-refractivity contribution < 1.29 is 0 Å². The zero-order valence-corrected chi connectivity index (χ0v) is 7.37. The second-order valence-electron chi connectivity index (χ2n) is 1.65. The van der Waals surface area contributed by atoms with E-state index in [4.69, 9.17) is 0 Å². The first kappa shape index (κ1) is 7.16. The summed E-state index contributed by atoms with van der Waals surface area (Å²) in [6, 6.07) is 0. The van der Waals surface area contributed by atoms with Crippen molar-refractivity contribution in [3.8, 4) is 0 Å². The van der Waals surface area contributed by atoms with Crippen LogP contribution >= 0.6 is 35.3 Å². The van der Waals surface area contributed by atoms with E-state index in [0.29, 0.717) is 0 Å². The van der Waals surface area contributed by atoms with Crippen molar-refractivity contribution in [2.45, 2.75) is 11.0 Å². The van der Waals surface area contributed by atoms with Gasteiger partial charge in [0.05, 0.1) is 4.58 Å². The van der Waals surface area contributed by atoms with E-state index in [0.717, 1.165) is 4.58 Å². The van der Waals surface area contributed by atoms with Crippen LogP contribution in [-0.2, 0) is 0 Å². The lowest BCUT2D eigenvalue weighted by Crippen LogP contribution is -2.03. The molecule has 0 nitrogen and oxygen atoms in total. The Labute approximate surface area is 63.6 Å². The summed E-state index contributed by atoms with van der Waals surface area (Å²) in [4.78, 5) is 0. The van der Waals surface area contributed by atoms with Gasteiger partial charge in [0.25, 0.3) is 0 Å². The third kappa shape index (κ3) is 2.11. The predicted octanol–water partition coefficient (Wildman–Crippen LogP) is 2.50. The molecule has 1 rings (SSSR count). The summed E-state index contributed by atoms with van der Waals surface area (Å²) in [5.41, 5.74) is 0. The monoisotopic (exact) mass is 166 g/mol. The normalized spacial score (nSPS) is 30.4. The van der Waals surface area contributed by atoms with Crippen molar-refractivity contribution >= 4 is 35.3 Å². The molecule has 8 heavy (non-hydrogen) atoms. The van der Waals surface area contributed by atoms with Crippen molar-refractivity contribution in [2.75, 3.05) is 17.1 Å². The summed E-state index contributed by atoms with van der Waals surface area (Å²) < 4.78 is 0.899. The molecule has 1 atom stereocenters. The van der Waals surface area contributed by atoms with Crippen molar-refractivity contribution in [3.63, 3.8) is 0 Å². The molecule has 0 saturated carbocycles. The quantitative estimate of drug-likeness (QED) is 0.587. The van der Waals surface area contributed by atoms with E-state index in [1.165, 1.54) is 17.3 Å². The summed E-state index contributed by atoms with van der Waals surface area (Å²) in [6.45, 7) is 0. The summed E-state index contributed by atoms with van der Waals surface area (Å²) >= 11 is 6.15. The molecule has 0 aromatic carbocycles. The lowest BCUT2D eigenvalue weighted by molar-refractivity contribution is 1.07. The fraction of sp³-hybridized carbons (Fsp3) is 1.00. The average molecular weight is 166 g/mol. The number of rotatable bonds is 1. The van der Waals surface area contributed by atoms with Gasteiger partial charge in [0.15, 0.2) is 0 Å². The molecule has 0 aromatic heterocycles. The van der Waals surface area contributed by atoms with Gasteiger partial charge in [-0.15, -0.1) is 11.8 Å². The molecule has 0 spiro atoms. The number of hydrogen-bond donors (Lipinski definition) is 0. The minimum absolute atomic E-state index is 0.899. The van der Waals surface area contributed by atoms with Crippen molar-refractivity contribution in [1.82, 2.24) is 0 Å². The maximum absolute atomic E-state index is 2.20. The fourth-order valence-corrected chi connectivity index (χ4v) is 4.48. The maximum Gasteiger partial charge on any atom is 0.0515 e. The van der Waals surface area contributed by atoms with Gasteiger partial charge in [-0.25, -0.2) is 0 Å². The SMILES string of the molecule is CSC1CCSCS1. The molecule has 0 N–H and O–H groups in total. The van der Waals surface area contributed by atoms with E-state index in [-0.39, 0.29) is 0 Å². The lowest BCUT2D eigenvalue weighted by Gasteiger charge is -2.17. The Bertz CT molecular complexity index is 58.7. The third-order valence-electron chi connectivity index (χ3n) is 1.10. The Morgan fingerprint density at radius 1 is 1.62 bits per heavy atom. The van der Waals surface area contributed by atoms with Crippen LogP contribution in [-0.4, -0.2) is 21.7 Å². The molecule has 48 valence electrons. The van der Waals surface area contributed by atoms with E-state index in [9.17, 15) is 0 Å². The van der Waals surface area contributed by atoms with Crippen LogP contribution in [0.25, 0.3) is 0 Å². The van der Waals surface area contributed by atoms with Gasteiger partial charge >= 0.3 is 0 Å². The van der Waals surface area contributed by atoms with Crippen LogP contribution in [0.15, 0.2) is 0 Å². The Balaban J connectivity index is 2.13.